The van der Waals surface area contributed by atoms with Crippen LogP contribution in [0, 0.1) is 0 Å². The Kier molecular flexibility index (Phi) is 37.2. The van der Waals surface area contributed by atoms with Crippen LogP contribution in [0.3, 0.4) is 0 Å². The zero-order valence-corrected chi connectivity index (χ0v) is 6.41. The molecular formula is C2HKO6Zr. The van der Waals surface area contributed by atoms with Gasteiger partial charge in [0, 0.05) is 0 Å². The number of carbonyl (C=O) groups is 2. The van der Waals surface area contributed by atoms with Crippen LogP contribution in [-0.2, 0) is 26.2 Å². The third kappa shape index (κ3) is 524. The number of carboxylic acid groups (broad SMARTS) is 4. The summed E-state index contributed by atoms with van der Waals surface area (Å²) < 4.78 is 0. The van der Waals surface area contributed by atoms with E-state index < -0.39 is 12.3 Å². The minimum absolute atomic E-state index is 0. The van der Waals surface area contributed by atoms with Crippen molar-refractivity contribution >= 4 is 63.7 Å². The normalized spacial score (nSPS) is 4.80. The summed E-state index contributed by atoms with van der Waals surface area (Å²) in [5.41, 5.74) is 0. The molecule has 0 aromatic rings. The zero-order chi connectivity index (χ0) is 7.15. The summed E-state index contributed by atoms with van der Waals surface area (Å²) in [5, 5.41) is 33.3. The molecule has 0 unspecified atom stereocenters. The summed E-state index contributed by atoms with van der Waals surface area (Å²) in [7, 11) is 0. The Morgan fingerprint density at radius 1 is 0.800 bits per heavy atom. The number of hydrogen-bond donors (Lipinski definition) is 0. The maximum absolute atomic E-state index is 8.33. The Hall–Kier alpha value is 1.06. The fourth-order valence-corrected chi connectivity index (χ4v) is 0. The van der Waals surface area contributed by atoms with Crippen molar-refractivity contribution in [2.75, 3.05) is 0 Å². The van der Waals surface area contributed by atoms with Crippen LogP contribution in [0.25, 0.3) is 0 Å². The van der Waals surface area contributed by atoms with Gasteiger partial charge in [0.25, 0.3) is 0 Å². The molecule has 0 radical (unpaired) electrons. The van der Waals surface area contributed by atoms with Crippen molar-refractivity contribution in [2.45, 2.75) is 0 Å². The average Bonchev–Trinajstić information content (AvgIpc) is 1.25. The van der Waals surface area contributed by atoms with Gasteiger partial charge in [-0.05, 0) is 12.3 Å². The third-order valence-electron chi connectivity index (χ3n) is 0. The van der Waals surface area contributed by atoms with Gasteiger partial charge >= 0.3 is 77.6 Å². The van der Waals surface area contributed by atoms with Crippen LogP contribution in [0.2, 0.25) is 0 Å². The zero-order valence-electron chi connectivity index (χ0n) is 3.95. The van der Waals surface area contributed by atoms with E-state index in [1.54, 1.807) is 0 Å². The summed E-state index contributed by atoms with van der Waals surface area (Å²) >= 11 is 0. The summed E-state index contributed by atoms with van der Waals surface area (Å²) in [4.78, 5) is 16.7. The maximum atomic E-state index is 8.33. The molecule has 6 nitrogen and oxygen atoms in total. The van der Waals surface area contributed by atoms with Crippen LogP contribution in [0.5, 0.6) is 0 Å². The Balaban J connectivity index is -0.0000000300. The van der Waals surface area contributed by atoms with Crippen molar-refractivity contribution in [1.82, 2.24) is 0 Å². The predicted molar refractivity (Wildman–Crippen MR) is 17.9 cm³/mol. The van der Waals surface area contributed by atoms with Gasteiger partial charge < -0.3 is 30.0 Å². The molecular weight excluding hydrogens is 250 g/mol. The van der Waals surface area contributed by atoms with Crippen molar-refractivity contribution in [2.24, 2.45) is 0 Å². The Bertz CT molecular complexity index is 73.7. The molecule has 0 aromatic carbocycles. The molecule has 10 heavy (non-hydrogen) atoms. The first kappa shape index (κ1) is 22.5. The quantitative estimate of drug-likeness (QED) is 0.395. The van der Waals surface area contributed by atoms with Gasteiger partial charge in [-0.15, -0.1) is 0 Å². The minimum atomic E-state index is -2.33. The van der Waals surface area contributed by atoms with E-state index in [9.17, 15) is 0 Å². The molecule has 0 bridgehead atoms. The molecule has 0 fully saturated rings. The summed E-state index contributed by atoms with van der Waals surface area (Å²) in [6.07, 6.45) is -4.67. The summed E-state index contributed by atoms with van der Waals surface area (Å²) in [5.74, 6) is 0. The smallest absolute Gasteiger partial charge is 4.00 e. The first-order valence-corrected chi connectivity index (χ1v) is 1.22. The molecule has 0 saturated carbocycles. The molecule has 0 rings (SSSR count). The van der Waals surface area contributed by atoms with Gasteiger partial charge in [0.2, 0.25) is 0 Å². The number of hydrogen-bond acceptors (Lipinski definition) is 6. The first-order chi connectivity index (χ1) is 3.46. The second kappa shape index (κ2) is 16.6. The van der Waals surface area contributed by atoms with Crippen LogP contribution in [-0.4, -0.2) is 63.7 Å². The Labute approximate surface area is 118 Å². The fourth-order valence-electron chi connectivity index (χ4n) is 0. The first-order valence-electron chi connectivity index (χ1n) is 1.22. The van der Waals surface area contributed by atoms with Crippen molar-refractivity contribution in [3.63, 3.8) is 0 Å². The maximum Gasteiger partial charge on any atom is 4.00 e. The van der Waals surface area contributed by atoms with E-state index in [1.165, 1.54) is 0 Å². The molecule has 0 spiro atoms. The van der Waals surface area contributed by atoms with E-state index in [-0.39, 0.29) is 77.6 Å². The molecule has 0 N–H and O–H groups in total. The van der Waals surface area contributed by atoms with E-state index in [4.69, 9.17) is 30.0 Å². The second-order valence-electron chi connectivity index (χ2n) is 0.500. The van der Waals surface area contributed by atoms with Gasteiger partial charge in [0.15, 0.2) is 0 Å². The third-order valence-corrected chi connectivity index (χ3v) is 0. The number of carbonyl (C=O) groups excluding carboxylic acids is 2. The van der Waals surface area contributed by atoms with Gasteiger partial charge in [-0.2, -0.15) is 0 Å². The summed E-state index contributed by atoms with van der Waals surface area (Å²) in [6.45, 7) is 0. The topological polar surface area (TPSA) is 126 Å². The summed E-state index contributed by atoms with van der Waals surface area (Å²) in [6, 6.07) is 0. The van der Waals surface area contributed by atoms with Gasteiger partial charge in [-0.1, -0.05) is 0 Å². The number of rotatable bonds is 0. The molecule has 0 atom stereocenters. The fraction of sp³-hybridized carbons (Fsp3) is 0. The van der Waals surface area contributed by atoms with Gasteiger partial charge in [0.1, 0.15) is 0 Å². The molecule has 0 aliphatic carbocycles. The van der Waals surface area contributed by atoms with Crippen LogP contribution in [0.4, 0.5) is 9.59 Å². The molecule has 0 amide bonds. The standard InChI is InChI=1S/2CH2O3.K.Zr.H/c2*2-1(3)4;;;/h2*(H2,2,3,4);;;/q;;;+4;/p-4. The molecule has 0 heterocycles. The van der Waals surface area contributed by atoms with Gasteiger partial charge in [-0.3, -0.25) is 0 Å². The molecule has 0 aliphatic rings. The largest absolute Gasteiger partial charge is 4.00 e. The molecule has 50 valence electrons. The van der Waals surface area contributed by atoms with E-state index in [0.717, 1.165) is 0 Å². The SMILES string of the molecule is O=C([O-])[O-].O=C([O-])[O-].[KH].[Zr+4]. The minimum Gasteiger partial charge on any atom is 4.00 e. The van der Waals surface area contributed by atoms with Crippen LogP contribution in [0.1, 0.15) is 0 Å². The Morgan fingerprint density at radius 2 is 0.800 bits per heavy atom. The molecule has 0 aromatic heterocycles. The molecule has 8 heteroatoms. The monoisotopic (exact) mass is 250 g/mol. The predicted octanol–water partition coefficient (Wildman–Crippen LogP) is -5.54. The van der Waals surface area contributed by atoms with Crippen LogP contribution < -0.4 is 20.4 Å². The van der Waals surface area contributed by atoms with E-state index in [2.05, 4.69) is 0 Å². The average molecular weight is 251 g/mol. The van der Waals surface area contributed by atoms with Gasteiger partial charge in [-0.25, -0.2) is 0 Å². The molecule has 0 aliphatic heterocycles. The van der Waals surface area contributed by atoms with Crippen molar-refractivity contribution in [1.29, 1.82) is 0 Å². The second-order valence-corrected chi connectivity index (χ2v) is 0.500. The van der Waals surface area contributed by atoms with E-state index in [1.807, 2.05) is 0 Å². The Morgan fingerprint density at radius 3 is 0.800 bits per heavy atom. The van der Waals surface area contributed by atoms with E-state index >= 15 is 0 Å². The van der Waals surface area contributed by atoms with Crippen molar-refractivity contribution in [3.05, 3.63) is 0 Å². The van der Waals surface area contributed by atoms with Crippen molar-refractivity contribution in [3.8, 4) is 0 Å². The van der Waals surface area contributed by atoms with Crippen molar-refractivity contribution < 1.29 is 56.2 Å². The van der Waals surface area contributed by atoms with Crippen LogP contribution in [0.15, 0.2) is 0 Å². The van der Waals surface area contributed by atoms with Crippen LogP contribution >= 0.6 is 0 Å². The van der Waals surface area contributed by atoms with Gasteiger partial charge in [0.05, 0.1) is 0 Å². The van der Waals surface area contributed by atoms with E-state index in [0.29, 0.717) is 0 Å². The molecule has 0 saturated heterocycles.